The molecule has 0 unspecified atom stereocenters. The van der Waals surface area contributed by atoms with Crippen LogP contribution in [-0.4, -0.2) is 15.0 Å². The van der Waals surface area contributed by atoms with E-state index in [-0.39, 0.29) is 5.56 Å². The molecule has 0 spiro atoms. The Hall–Kier alpha value is -1.75. The third kappa shape index (κ3) is 1.77. The molecule has 0 atom stereocenters. The van der Waals surface area contributed by atoms with Crippen LogP contribution in [0.15, 0.2) is 35.4 Å². The Morgan fingerprint density at radius 3 is 2.79 bits per heavy atom. The van der Waals surface area contributed by atoms with Gasteiger partial charge in [0.2, 0.25) is 5.56 Å². The Morgan fingerprint density at radius 1 is 1.29 bits per heavy atom. The van der Waals surface area contributed by atoms with Crippen LogP contribution in [0, 0.1) is 4.64 Å². The number of H-pyrrole nitrogens is 2. The molecule has 2 heterocycles. The van der Waals surface area contributed by atoms with Gasteiger partial charge >= 0.3 is 0 Å². The summed E-state index contributed by atoms with van der Waals surface area (Å²) >= 11 is 4.96. The molecule has 14 heavy (non-hydrogen) atoms. The van der Waals surface area contributed by atoms with Crippen LogP contribution in [0.5, 0.6) is 0 Å². The molecule has 4 nitrogen and oxygen atoms in total. The van der Waals surface area contributed by atoms with Crippen LogP contribution in [0.2, 0.25) is 0 Å². The van der Waals surface area contributed by atoms with Gasteiger partial charge in [0.05, 0.1) is 0 Å². The minimum absolute atomic E-state index is 0.136. The second kappa shape index (κ2) is 3.55. The average molecular weight is 205 g/mol. The molecule has 0 fully saturated rings. The predicted molar refractivity (Wildman–Crippen MR) is 55.5 cm³/mol. The molecular weight excluding hydrogens is 198 g/mol. The van der Waals surface area contributed by atoms with Gasteiger partial charge in [0.15, 0.2) is 0 Å². The first-order valence-electron chi connectivity index (χ1n) is 4.00. The topological polar surface area (TPSA) is 61.5 Å². The molecule has 0 saturated heterocycles. The summed E-state index contributed by atoms with van der Waals surface area (Å²) in [4.78, 5) is 20.4. The van der Waals surface area contributed by atoms with Crippen molar-refractivity contribution in [1.29, 1.82) is 0 Å². The van der Waals surface area contributed by atoms with Crippen molar-refractivity contribution in [2.45, 2.75) is 0 Å². The lowest BCUT2D eigenvalue weighted by Crippen LogP contribution is -2.02. The Labute approximate surface area is 84.7 Å². The highest BCUT2D eigenvalue weighted by Crippen LogP contribution is 2.09. The van der Waals surface area contributed by atoms with E-state index in [9.17, 15) is 4.79 Å². The molecule has 2 rings (SSSR count). The summed E-state index contributed by atoms with van der Waals surface area (Å²) in [5.74, 6) is 0.647. The maximum Gasteiger partial charge on any atom is 0.247 e. The van der Waals surface area contributed by atoms with Gasteiger partial charge in [-0.3, -0.25) is 4.79 Å². The summed E-state index contributed by atoms with van der Waals surface area (Å²) in [6.45, 7) is 0. The summed E-state index contributed by atoms with van der Waals surface area (Å²) in [7, 11) is 0. The van der Waals surface area contributed by atoms with Gasteiger partial charge in [-0.05, 0) is 12.1 Å². The highest BCUT2D eigenvalue weighted by molar-refractivity contribution is 7.71. The van der Waals surface area contributed by atoms with Crippen molar-refractivity contribution in [2.24, 2.45) is 0 Å². The maximum absolute atomic E-state index is 10.8. The minimum Gasteiger partial charge on any atom is -0.331 e. The Bertz CT molecular complexity index is 538. The van der Waals surface area contributed by atoms with Gasteiger partial charge in [-0.1, -0.05) is 12.2 Å². The summed E-state index contributed by atoms with van der Waals surface area (Å²) in [6.07, 6.45) is 3.22. The number of nitrogens with one attached hydrogen (secondary N) is 2. The first-order valence-corrected chi connectivity index (χ1v) is 4.41. The molecule has 0 bridgehead atoms. The molecule has 70 valence electrons. The molecule has 2 N–H and O–H groups in total. The fourth-order valence-electron chi connectivity index (χ4n) is 1.07. The van der Waals surface area contributed by atoms with Crippen LogP contribution < -0.4 is 5.56 Å². The fourth-order valence-corrected chi connectivity index (χ4v) is 1.23. The maximum atomic E-state index is 10.8. The van der Waals surface area contributed by atoms with E-state index in [1.54, 1.807) is 24.5 Å². The number of aromatic nitrogens is 3. The van der Waals surface area contributed by atoms with Crippen LogP contribution in [0.3, 0.4) is 0 Å². The van der Waals surface area contributed by atoms with Gasteiger partial charge in [-0.25, -0.2) is 4.98 Å². The van der Waals surface area contributed by atoms with Crippen molar-refractivity contribution in [3.63, 3.8) is 0 Å². The minimum atomic E-state index is -0.136. The zero-order chi connectivity index (χ0) is 9.97. The molecule has 2 aromatic rings. The van der Waals surface area contributed by atoms with E-state index in [0.717, 1.165) is 5.56 Å². The van der Waals surface area contributed by atoms with Gasteiger partial charge in [-0.2, -0.15) is 0 Å². The lowest BCUT2D eigenvalue weighted by molar-refractivity contribution is 1.14. The van der Waals surface area contributed by atoms with Gasteiger partial charge in [0.1, 0.15) is 10.5 Å². The number of hydrogen-bond donors (Lipinski definition) is 2. The molecule has 0 radical (unpaired) electrons. The van der Waals surface area contributed by atoms with Gasteiger partial charge < -0.3 is 9.97 Å². The number of nitrogens with zero attached hydrogens (tertiary/aromatic N) is 1. The van der Waals surface area contributed by atoms with E-state index in [0.29, 0.717) is 10.5 Å². The fraction of sp³-hybridized carbons (Fsp3) is 0. The van der Waals surface area contributed by atoms with Gasteiger partial charge in [0, 0.05) is 24.0 Å². The van der Waals surface area contributed by atoms with Crippen molar-refractivity contribution in [2.75, 3.05) is 0 Å². The van der Waals surface area contributed by atoms with E-state index in [1.807, 2.05) is 0 Å². The van der Waals surface area contributed by atoms with E-state index >= 15 is 0 Å². The Kier molecular flexibility index (Phi) is 2.24. The Morgan fingerprint density at radius 2 is 2.14 bits per heavy atom. The molecular formula is C9H7N3OS. The smallest absolute Gasteiger partial charge is 0.247 e. The van der Waals surface area contributed by atoms with Crippen molar-refractivity contribution in [3.05, 3.63) is 45.6 Å². The highest BCUT2D eigenvalue weighted by atomic mass is 32.1. The second-order valence-corrected chi connectivity index (χ2v) is 3.16. The van der Waals surface area contributed by atoms with E-state index < -0.39 is 0 Å². The van der Waals surface area contributed by atoms with Crippen molar-refractivity contribution >= 4 is 12.2 Å². The summed E-state index contributed by atoms with van der Waals surface area (Å²) in [5, 5.41) is 0. The molecule has 2 aromatic heterocycles. The highest BCUT2D eigenvalue weighted by Gasteiger charge is 1.97. The molecule has 0 saturated carbocycles. The number of rotatable bonds is 1. The number of pyridine rings is 1. The van der Waals surface area contributed by atoms with Crippen LogP contribution in [0.4, 0.5) is 0 Å². The molecule has 0 aliphatic heterocycles. The lowest BCUT2D eigenvalue weighted by Gasteiger charge is -1.98. The number of aromatic amines is 2. The summed E-state index contributed by atoms with van der Waals surface area (Å²) in [6, 6.07) is 4.83. The molecule has 0 amide bonds. The van der Waals surface area contributed by atoms with Gasteiger partial charge in [0.25, 0.3) is 0 Å². The summed E-state index contributed by atoms with van der Waals surface area (Å²) in [5.41, 5.74) is 0.666. The van der Waals surface area contributed by atoms with Crippen molar-refractivity contribution in [3.8, 4) is 11.4 Å². The van der Waals surface area contributed by atoms with Crippen molar-refractivity contribution in [1.82, 2.24) is 15.0 Å². The van der Waals surface area contributed by atoms with E-state index in [2.05, 4.69) is 15.0 Å². The normalized spacial score (nSPS) is 10.0. The first kappa shape index (κ1) is 8.83. The molecule has 0 aliphatic rings. The van der Waals surface area contributed by atoms with Gasteiger partial charge in [-0.15, -0.1) is 0 Å². The first-order chi connectivity index (χ1) is 6.75. The molecule has 0 aliphatic carbocycles. The van der Waals surface area contributed by atoms with Crippen LogP contribution in [0.25, 0.3) is 11.4 Å². The van der Waals surface area contributed by atoms with E-state index in [1.165, 1.54) is 6.07 Å². The lowest BCUT2D eigenvalue weighted by atomic mass is 10.3. The SMILES string of the molecule is O=c1ccc(-c2nccc(=S)[nH]2)c[nH]1. The average Bonchev–Trinajstić information content (AvgIpc) is 2.19. The predicted octanol–water partition coefficient (Wildman–Crippen LogP) is 1.49. The van der Waals surface area contributed by atoms with E-state index in [4.69, 9.17) is 12.2 Å². The zero-order valence-corrected chi connectivity index (χ0v) is 7.97. The largest absolute Gasteiger partial charge is 0.331 e. The molecule has 5 heteroatoms. The monoisotopic (exact) mass is 205 g/mol. The second-order valence-electron chi connectivity index (χ2n) is 2.72. The van der Waals surface area contributed by atoms with Crippen LogP contribution >= 0.6 is 12.2 Å². The zero-order valence-electron chi connectivity index (χ0n) is 7.15. The third-order valence-corrected chi connectivity index (χ3v) is 1.97. The quantitative estimate of drug-likeness (QED) is 0.693. The van der Waals surface area contributed by atoms with Crippen LogP contribution in [-0.2, 0) is 0 Å². The summed E-state index contributed by atoms with van der Waals surface area (Å²) < 4.78 is 0.612. The molecule has 0 aromatic carbocycles. The standard InChI is InChI=1S/C9H7N3OS/c13-7-2-1-6(5-11-7)9-10-4-3-8(14)12-9/h1-5H,(H,11,13)(H,10,12,14). The van der Waals surface area contributed by atoms with Crippen molar-refractivity contribution < 1.29 is 0 Å². The number of hydrogen-bond acceptors (Lipinski definition) is 3. The Balaban J connectivity index is 2.55. The van der Waals surface area contributed by atoms with Crippen LogP contribution in [0.1, 0.15) is 0 Å². The third-order valence-electron chi connectivity index (χ3n) is 1.73.